The molecule has 214 valence electrons. The number of alkyl halides is 2. The lowest BCUT2D eigenvalue weighted by atomic mass is 9.91. The maximum Gasteiger partial charge on any atom is 0.509 e. The molecule has 2 saturated heterocycles. The average molecular weight is 551 g/mol. The topological polar surface area (TPSA) is 124 Å². The van der Waals surface area contributed by atoms with E-state index in [9.17, 15) is 18.4 Å². The fourth-order valence-electron chi connectivity index (χ4n) is 4.79. The fourth-order valence-corrected chi connectivity index (χ4v) is 4.79. The molecule has 2 fully saturated rings. The Labute approximate surface area is 226 Å². The van der Waals surface area contributed by atoms with Crippen molar-refractivity contribution < 1.29 is 37.0 Å². The number of hydrogen-bond donors (Lipinski definition) is 3. The molecule has 0 unspecified atom stereocenters. The Morgan fingerprint density at radius 3 is 2.64 bits per heavy atom. The smallest absolute Gasteiger partial charge is 0.444 e. The first kappa shape index (κ1) is 28.8. The van der Waals surface area contributed by atoms with Gasteiger partial charge in [-0.2, -0.15) is 0 Å². The standard InChI is InChI=1S/C27H36F2N4O6/c1-26(2,3)39-25(35)37-22-14-33-20(12-17-4-6-18(7-5-17)21-13-31-16-36-21)23(22)38-24(34)32-11-9-19-8-10-30-15-27(19,28)29/h4-7,13,16,19-20,22-23,30,33H,8-12,14-15H2,1-3H3,(H,32,34)/t19-,20-,22+,23+/m1/s1. The van der Waals surface area contributed by atoms with Gasteiger partial charge in [-0.15, -0.1) is 0 Å². The number of alkyl carbamates (subject to hydrolysis) is 1. The molecule has 1 amide bonds. The molecule has 1 aromatic carbocycles. The minimum Gasteiger partial charge on any atom is -0.444 e. The lowest BCUT2D eigenvalue weighted by Gasteiger charge is -2.32. The number of ether oxygens (including phenoxy) is 3. The van der Waals surface area contributed by atoms with Crippen LogP contribution < -0.4 is 16.0 Å². The molecule has 1 aromatic heterocycles. The third kappa shape index (κ3) is 8.12. The SMILES string of the molecule is CC(C)(C)OC(=O)O[C@H]1CN[C@H](Cc2ccc(-c3cnco3)cc2)[C@@H]1OC(=O)NCC[C@H]1CCNCC1(F)F. The van der Waals surface area contributed by atoms with Gasteiger partial charge in [-0.3, -0.25) is 0 Å². The van der Waals surface area contributed by atoms with Crippen molar-refractivity contribution in [2.24, 2.45) is 5.92 Å². The van der Waals surface area contributed by atoms with Gasteiger partial charge in [-0.1, -0.05) is 24.3 Å². The summed E-state index contributed by atoms with van der Waals surface area (Å²) in [4.78, 5) is 29.0. The van der Waals surface area contributed by atoms with Crippen molar-refractivity contribution >= 4 is 12.2 Å². The minimum absolute atomic E-state index is 0.0462. The van der Waals surface area contributed by atoms with Gasteiger partial charge in [-0.05, 0) is 52.1 Å². The van der Waals surface area contributed by atoms with E-state index in [0.717, 1.165) is 11.1 Å². The normalized spacial score (nSPS) is 24.6. The summed E-state index contributed by atoms with van der Waals surface area (Å²) in [5, 5.41) is 8.54. The number of benzene rings is 1. The molecule has 4 atom stereocenters. The average Bonchev–Trinajstić information content (AvgIpc) is 3.51. The molecule has 12 heteroatoms. The highest BCUT2D eigenvalue weighted by molar-refractivity contribution is 5.67. The van der Waals surface area contributed by atoms with Gasteiger partial charge >= 0.3 is 12.2 Å². The molecule has 0 saturated carbocycles. The summed E-state index contributed by atoms with van der Waals surface area (Å²) >= 11 is 0. The lowest BCUT2D eigenvalue weighted by molar-refractivity contribution is -0.0757. The molecular formula is C27H36F2N4O6. The Balaban J connectivity index is 1.38. The Kier molecular flexibility index (Phi) is 9.06. The Bertz CT molecular complexity index is 1090. The van der Waals surface area contributed by atoms with Crippen molar-refractivity contribution in [3.8, 4) is 11.3 Å². The Morgan fingerprint density at radius 1 is 1.21 bits per heavy atom. The largest absolute Gasteiger partial charge is 0.509 e. The van der Waals surface area contributed by atoms with E-state index in [4.69, 9.17) is 18.6 Å². The van der Waals surface area contributed by atoms with Gasteiger partial charge in [0.15, 0.2) is 24.4 Å². The van der Waals surface area contributed by atoms with Gasteiger partial charge in [0.2, 0.25) is 0 Å². The molecule has 4 rings (SSSR count). The molecule has 3 heterocycles. The summed E-state index contributed by atoms with van der Waals surface area (Å²) in [5.74, 6) is -2.99. The Hall–Kier alpha value is -3.25. The zero-order valence-corrected chi connectivity index (χ0v) is 22.4. The predicted molar refractivity (Wildman–Crippen MR) is 137 cm³/mol. The summed E-state index contributed by atoms with van der Waals surface area (Å²) in [6.45, 7) is 5.62. The zero-order valence-electron chi connectivity index (χ0n) is 22.4. The van der Waals surface area contributed by atoms with Crippen LogP contribution in [0.4, 0.5) is 18.4 Å². The van der Waals surface area contributed by atoms with E-state index in [0.29, 0.717) is 25.1 Å². The van der Waals surface area contributed by atoms with Gasteiger partial charge in [-0.25, -0.2) is 23.4 Å². The highest BCUT2D eigenvalue weighted by Crippen LogP contribution is 2.31. The summed E-state index contributed by atoms with van der Waals surface area (Å²) in [6, 6.07) is 7.29. The highest BCUT2D eigenvalue weighted by atomic mass is 19.3. The van der Waals surface area contributed by atoms with Gasteiger partial charge in [0.25, 0.3) is 5.92 Å². The molecule has 10 nitrogen and oxygen atoms in total. The maximum absolute atomic E-state index is 14.1. The number of rotatable bonds is 8. The number of halogens is 2. The summed E-state index contributed by atoms with van der Waals surface area (Å²) < 4.78 is 50.0. The van der Waals surface area contributed by atoms with Gasteiger partial charge in [0.05, 0.1) is 18.8 Å². The van der Waals surface area contributed by atoms with Gasteiger partial charge in [0.1, 0.15) is 5.60 Å². The third-order valence-electron chi connectivity index (χ3n) is 6.74. The van der Waals surface area contributed by atoms with E-state index < -0.39 is 41.9 Å². The van der Waals surface area contributed by atoms with Crippen molar-refractivity contribution in [1.82, 2.24) is 20.9 Å². The number of nitrogens with zero attached hydrogens (tertiary/aromatic N) is 1. The molecule has 0 radical (unpaired) electrons. The first-order valence-electron chi connectivity index (χ1n) is 13.1. The van der Waals surface area contributed by atoms with Crippen molar-refractivity contribution in [3.05, 3.63) is 42.4 Å². The van der Waals surface area contributed by atoms with E-state index in [1.165, 1.54) is 6.39 Å². The highest BCUT2D eigenvalue weighted by Gasteiger charge is 2.43. The van der Waals surface area contributed by atoms with Crippen LogP contribution in [0.5, 0.6) is 0 Å². The number of piperidine rings is 1. The first-order chi connectivity index (χ1) is 18.5. The number of amides is 1. The minimum atomic E-state index is -2.82. The van der Waals surface area contributed by atoms with Crippen LogP contribution in [0.25, 0.3) is 11.3 Å². The maximum atomic E-state index is 14.1. The first-order valence-corrected chi connectivity index (χ1v) is 13.1. The molecule has 0 bridgehead atoms. The molecule has 3 N–H and O–H groups in total. The predicted octanol–water partition coefficient (Wildman–Crippen LogP) is 3.91. The second-order valence-electron chi connectivity index (χ2n) is 10.9. The molecule has 0 aliphatic carbocycles. The molecule has 39 heavy (non-hydrogen) atoms. The van der Waals surface area contributed by atoms with Crippen LogP contribution in [-0.4, -0.2) is 73.2 Å². The Morgan fingerprint density at radius 2 is 1.97 bits per heavy atom. The monoisotopic (exact) mass is 550 g/mol. The zero-order chi connectivity index (χ0) is 28.0. The van der Waals surface area contributed by atoms with E-state index in [1.807, 2.05) is 24.3 Å². The van der Waals surface area contributed by atoms with Crippen LogP contribution in [0.2, 0.25) is 0 Å². The summed E-state index contributed by atoms with van der Waals surface area (Å²) in [7, 11) is 0. The number of carbonyl (C=O) groups excluding carboxylic acids is 2. The lowest BCUT2D eigenvalue weighted by Crippen LogP contribution is -2.47. The number of aromatic nitrogens is 1. The molecule has 2 aliphatic rings. The van der Waals surface area contributed by atoms with E-state index in [1.54, 1.807) is 27.0 Å². The van der Waals surface area contributed by atoms with Crippen LogP contribution in [-0.2, 0) is 20.6 Å². The van der Waals surface area contributed by atoms with E-state index in [-0.39, 0.29) is 32.1 Å². The second kappa shape index (κ2) is 12.3. The number of nitrogens with one attached hydrogen (secondary N) is 3. The van der Waals surface area contributed by atoms with Crippen LogP contribution in [0.15, 0.2) is 41.3 Å². The van der Waals surface area contributed by atoms with Crippen molar-refractivity contribution in [3.63, 3.8) is 0 Å². The van der Waals surface area contributed by atoms with E-state index in [2.05, 4.69) is 20.9 Å². The van der Waals surface area contributed by atoms with Crippen LogP contribution >= 0.6 is 0 Å². The molecular weight excluding hydrogens is 514 g/mol. The van der Waals surface area contributed by atoms with E-state index >= 15 is 0 Å². The third-order valence-corrected chi connectivity index (χ3v) is 6.74. The van der Waals surface area contributed by atoms with Crippen LogP contribution in [0, 0.1) is 5.92 Å². The quantitative estimate of drug-likeness (QED) is 0.420. The fraction of sp³-hybridized carbons (Fsp3) is 0.593. The van der Waals surface area contributed by atoms with Crippen LogP contribution in [0.3, 0.4) is 0 Å². The summed E-state index contributed by atoms with van der Waals surface area (Å²) in [5.41, 5.74) is 1.07. The van der Waals surface area contributed by atoms with Crippen molar-refractivity contribution in [2.45, 2.75) is 69.8 Å². The number of oxazole rings is 1. The second-order valence-corrected chi connectivity index (χ2v) is 10.9. The summed E-state index contributed by atoms with van der Waals surface area (Å²) in [6.07, 6.45) is 0.680. The molecule has 2 aromatic rings. The molecule has 0 spiro atoms. The molecule has 2 aliphatic heterocycles. The number of hydrogen-bond acceptors (Lipinski definition) is 9. The van der Waals surface area contributed by atoms with Crippen molar-refractivity contribution in [2.75, 3.05) is 26.2 Å². The number of carbonyl (C=O) groups is 2. The van der Waals surface area contributed by atoms with Crippen LogP contribution in [0.1, 0.15) is 39.2 Å². The van der Waals surface area contributed by atoms with Gasteiger partial charge < -0.3 is 34.6 Å². The van der Waals surface area contributed by atoms with Gasteiger partial charge in [0, 0.05) is 24.6 Å². The van der Waals surface area contributed by atoms with Crippen molar-refractivity contribution in [1.29, 1.82) is 0 Å².